The summed E-state index contributed by atoms with van der Waals surface area (Å²) in [5.74, 6) is 0.409. The first-order valence-electron chi connectivity index (χ1n) is 6.30. The summed E-state index contributed by atoms with van der Waals surface area (Å²) in [4.78, 5) is 8.79. The Hall–Kier alpha value is -2.23. The predicted octanol–water partition coefficient (Wildman–Crippen LogP) is 3.37. The molecule has 0 atom stereocenters. The lowest BCUT2D eigenvalue weighted by Gasteiger charge is -2.08. The second-order valence-electron chi connectivity index (χ2n) is 4.77. The molecule has 1 N–H and O–H groups in total. The van der Waals surface area contributed by atoms with E-state index in [0.717, 1.165) is 11.4 Å². The molecule has 0 fully saturated rings. The second kappa shape index (κ2) is 6.09. The van der Waals surface area contributed by atoms with Gasteiger partial charge in [-0.3, -0.25) is 4.98 Å². The molecule has 19 heavy (non-hydrogen) atoms. The summed E-state index contributed by atoms with van der Waals surface area (Å²) in [7, 11) is 0. The molecular formula is C15H17N3O. The molecule has 2 rings (SSSR count). The van der Waals surface area contributed by atoms with Gasteiger partial charge in [-0.2, -0.15) is 0 Å². The highest BCUT2D eigenvalue weighted by Crippen LogP contribution is 2.16. The van der Waals surface area contributed by atoms with E-state index < -0.39 is 0 Å². The summed E-state index contributed by atoms with van der Waals surface area (Å²) in [6.45, 7) is 4.15. The minimum Gasteiger partial charge on any atom is -0.411 e. The fraction of sp³-hybridized carbons (Fsp3) is 0.267. The van der Waals surface area contributed by atoms with Gasteiger partial charge in [0.2, 0.25) is 0 Å². The van der Waals surface area contributed by atoms with Crippen LogP contribution in [0.25, 0.3) is 11.4 Å². The number of pyridine rings is 2. The van der Waals surface area contributed by atoms with Gasteiger partial charge in [-0.1, -0.05) is 31.1 Å². The first-order valence-corrected chi connectivity index (χ1v) is 6.30. The predicted molar refractivity (Wildman–Crippen MR) is 75.2 cm³/mol. The van der Waals surface area contributed by atoms with Crippen LogP contribution in [-0.4, -0.2) is 20.9 Å². The Bertz CT molecular complexity index is 565. The minimum atomic E-state index is 0.409. The Morgan fingerprint density at radius 1 is 1.16 bits per heavy atom. The van der Waals surface area contributed by atoms with Crippen LogP contribution in [0, 0.1) is 5.92 Å². The molecule has 0 spiro atoms. The maximum absolute atomic E-state index is 9.12. The Balaban J connectivity index is 2.34. The zero-order valence-electron chi connectivity index (χ0n) is 11.1. The summed E-state index contributed by atoms with van der Waals surface area (Å²) < 4.78 is 0. The van der Waals surface area contributed by atoms with Crippen LogP contribution in [0.15, 0.2) is 47.8 Å². The Morgan fingerprint density at radius 3 is 2.58 bits per heavy atom. The van der Waals surface area contributed by atoms with Crippen molar-refractivity contribution in [3.05, 3.63) is 48.3 Å². The maximum atomic E-state index is 9.12. The zero-order chi connectivity index (χ0) is 13.7. The number of aromatic nitrogens is 2. The van der Waals surface area contributed by atoms with Gasteiger partial charge in [0, 0.05) is 6.20 Å². The molecular weight excluding hydrogens is 238 g/mol. The Labute approximate surface area is 112 Å². The molecule has 0 saturated heterocycles. The molecule has 0 saturated carbocycles. The van der Waals surface area contributed by atoms with Crippen LogP contribution >= 0.6 is 0 Å². The van der Waals surface area contributed by atoms with Gasteiger partial charge >= 0.3 is 0 Å². The molecule has 0 aromatic carbocycles. The van der Waals surface area contributed by atoms with Crippen molar-refractivity contribution in [1.82, 2.24) is 9.97 Å². The fourth-order valence-electron chi connectivity index (χ4n) is 1.84. The van der Waals surface area contributed by atoms with Crippen molar-refractivity contribution in [1.29, 1.82) is 0 Å². The molecule has 2 aromatic heterocycles. The number of nitrogens with zero attached hydrogens (tertiary/aromatic N) is 3. The van der Waals surface area contributed by atoms with Crippen LogP contribution in [0.4, 0.5) is 0 Å². The third kappa shape index (κ3) is 3.37. The highest BCUT2D eigenvalue weighted by atomic mass is 16.4. The molecule has 98 valence electrons. The largest absolute Gasteiger partial charge is 0.411 e. The van der Waals surface area contributed by atoms with E-state index in [9.17, 15) is 0 Å². The molecule has 0 amide bonds. The number of hydrogen-bond acceptors (Lipinski definition) is 4. The molecule has 4 nitrogen and oxygen atoms in total. The van der Waals surface area contributed by atoms with Crippen molar-refractivity contribution in [3.63, 3.8) is 0 Å². The average molecular weight is 255 g/mol. The highest BCUT2D eigenvalue weighted by Gasteiger charge is 2.10. The van der Waals surface area contributed by atoms with Crippen LogP contribution in [0.5, 0.6) is 0 Å². The molecule has 0 radical (unpaired) electrons. The molecule has 0 aliphatic carbocycles. The van der Waals surface area contributed by atoms with Crippen molar-refractivity contribution in [3.8, 4) is 11.4 Å². The lowest BCUT2D eigenvalue weighted by atomic mass is 10.0. The minimum absolute atomic E-state index is 0.409. The van der Waals surface area contributed by atoms with E-state index in [1.807, 2.05) is 36.4 Å². The number of hydrogen-bond donors (Lipinski definition) is 1. The van der Waals surface area contributed by atoms with Crippen LogP contribution in [0.3, 0.4) is 0 Å². The van der Waals surface area contributed by atoms with Crippen molar-refractivity contribution in [2.75, 3.05) is 0 Å². The van der Waals surface area contributed by atoms with E-state index in [2.05, 4.69) is 29.0 Å². The van der Waals surface area contributed by atoms with Crippen molar-refractivity contribution < 1.29 is 5.21 Å². The van der Waals surface area contributed by atoms with E-state index in [4.69, 9.17) is 5.21 Å². The van der Waals surface area contributed by atoms with Crippen molar-refractivity contribution in [2.24, 2.45) is 11.1 Å². The lowest BCUT2D eigenvalue weighted by Crippen LogP contribution is -2.08. The summed E-state index contributed by atoms with van der Waals surface area (Å²) >= 11 is 0. The molecule has 0 aliphatic heterocycles. The second-order valence-corrected chi connectivity index (χ2v) is 4.77. The number of rotatable bonds is 4. The van der Waals surface area contributed by atoms with Crippen molar-refractivity contribution >= 4 is 5.71 Å². The smallest absolute Gasteiger partial charge is 0.105 e. The normalized spacial score (nSPS) is 11.8. The van der Waals surface area contributed by atoms with E-state index in [1.54, 1.807) is 6.20 Å². The first kappa shape index (κ1) is 13.2. The summed E-state index contributed by atoms with van der Waals surface area (Å²) in [6.07, 6.45) is 2.42. The standard InChI is InChI=1S/C15H17N3O/c1-11(2)10-15(18-19)14-8-5-7-13(17-14)12-6-3-4-9-16-12/h3-9,11,19H,10H2,1-2H3/b18-15-. The van der Waals surface area contributed by atoms with Gasteiger partial charge < -0.3 is 5.21 Å². The number of oxime groups is 1. The third-order valence-electron chi connectivity index (χ3n) is 2.69. The van der Waals surface area contributed by atoms with Gasteiger partial charge in [-0.05, 0) is 36.6 Å². The summed E-state index contributed by atoms with van der Waals surface area (Å²) in [5.41, 5.74) is 2.89. The van der Waals surface area contributed by atoms with Gasteiger partial charge in [-0.25, -0.2) is 4.98 Å². The molecule has 0 bridgehead atoms. The molecule has 2 heterocycles. The van der Waals surface area contributed by atoms with E-state index in [1.165, 1.54) is 0 Å². The van der Waals surface area contributed by atoms with Crippen LogP contribution in [0.1, 0.15) is 26.0 Å². The summed E-state index contributed by atoms with van der Waals surface area (Å²) in [5, 5.41) is 12.5. The van der Waals surface area contributed by atoms with E-state index in [0.29, 0.717) is 23.7 Å². The zero-order valence-corrected chi connectivity index (χ0v) is 11.1. The topological polar surface area (TPSA) is 58.4 Å². The first-order chi connectivity index (χ1) is 9.20. The quantitative estimate of drug-likeness (QED) is 0.517. The lowest BCUT2D eigenvalue weighted by molar-refractivity contribution is 0.317. The monoisotopic (exact) mass is 255 g/mol. The molecule has 0 aliphatic rings. The van der Waals surface area contributed by atoms with Gasteiger partial charge in [0.05, 0.1) is 17.1 Å². The van der Waals surface area contributed by atoms with Gasteiger partial charge in [0.15, 0.2) is 0 Å². The SMILES string of the molecule is CC(C)C/C(=N/O)c1cccc(-c2ccccn2)n1. The van der Waals surface area contributed by atoms with Crippen LogP contribution in [0.2, 0.25) is 0 Å². The van der Waals surface area contributed by atoms with E-state index in [-0.39, 0.29) is 0 Å². The average Bonchev–Trinajstić information content (AvgIpc) is 2.45. The molecule has 2 aromatic rings. The van der Waals surface area contributed by atoms with Crippen molar-refractivity contribution in [2.45, 2.75) is 20.3 Å². The maximum Gasteiger partial charge on any atom is 0.105 e. The third-order valence-corrected chi connectivity index (χ3v) is 2.69. The van der Waals surface area contributed by atoms with Crippen LogP contribution in [-0.2, 0) is 0 Å². The highest BCUT2D eigenvalue weighted by molar-refractivity contribution is 5.98. The van der Waals surface area contributed by atoms with Crippen LogP contribution < -0.4 is 0 Å². The Kier molecular flexibility index (Phi) is 4.23. The fourth-order valence-corrected chi connectivity index (χ4v) is 1.84. The van der Waals surface area contributed by atoms with Gasteiger partial charge in [0.25, 0.3) is 0 Å². The van der Waals surface area contributed by atoms with E-state index >= 15 is 0 Å². The molecule has 0 unspecified atom stereocenters. The summed E-state index contributed by atoms with van der Waals surface area (Å²) in [6, 6.07) is 11.3. The van der Waals surface area contributed by atoms with Gasteiger partial charge in [0.1, 0.15) is 5.71 Å². The Morgan fingerprint density at radius 2 is 1.95 bits per heavy atom. The van der Waals surface area contributed by atoms with Gasteiger partial charge in [-0.15, -0.1) is 0 Å². The molecule has 4 heteroatoms.